The number of nitrogens with zero attached hydrogens (tertiary/aromatic N) is 2. The van der Waals surface area contributed by atoms with Crippen LogP contribution < -0.4 is 5.32 Å². The van der Waals surface area contributed by atoms with E-state index in [4.69, 9.17) is 4.42 Å². The van der Waals surface area contributed by atoms with Crippen LogP contribution in [0.3, 0.4) is 0 Å². The number of aromatic nitrogens is 1. The van der Waals surface area contributed by atoms with Crippen molar-refractivity contribution in [2.45, 2.75) is 51.4 Å². The summed E-state index contributed by atoms with van der Waals surface area (Å²) in [4.78, 5) is 18.7. The molecular formula is C19H27N3O2. The molecule has 2 heterocycles. The third-order valence-electron chi connectivity index (χ3n) is 4.75. The number of piperidine rings is 1. The molecule has 0 unspecified atom stereocenters. The van der Waals surface area contributed by atoms with Crippen LogP contribution in [0.15, 0.2) is 28.7 Å². The minimum atomic E-state index is 0.0718. The van der Waals surface area contributed by atoms with Crippen molar-refractivity contribution in [3.63, 3.8) is 0 Å². The minimum Gasteiger partial charge on any atom is -0.440 e. The molecule has 5 nitrogen and oxygen atoms in total. The van der Waals surface area contributed by atoms with Crippen LogP contribution in [0.5, 0.6) is 0 Å². The van der Waals surface area contributed by atoms with Crippen molar-refractivity contribution in [2.75, 3.05) is 19.6 Å². The van der Waals surface area contributed by atoms with Crippen LogP contribution in [-0.4, -0.2) is 35.5 Å². The molecule has 1 aromatic heterocycles. The van der Waals surface area contributed by atoms with Crippen LogP contribution in [-0.2, 0) is 0 Å². The summed E-state index contributed by atoms with van der Waals surface area (Å²) in [6.45, 7) is 4.51. The molecule has 0 atom stereocenters. The number of nitrogens with one attached hydrogen (secondary N) is 1. The highest BCUT2D eigenvalue weighted by molar-refractivity contribution is 5.74. The highest BCUT2D eigenvalue weighted by atomic mass is 16.3. The van der Waals surface area contributed by atoms with Gasteiger partial charge in [-0.2, -0.15) is 0 Å². The quantitative estimate of drug-likeness (QED) is 0.804. The molecule has 24 heavy (non-hydrogen) atoms. The molecule has 0 radical (unpaired) electrons. The Morgan fingerprint density at radius 3 is 2.79 bits per heavy atom. The second-order valence-electron chi connectivity index (χ2n) is 6.57. The van der Waals surface area contributed by atoms with Gasteiger partial charge in [0, 0.05) is 25.6 Å². The Bertz CT molecular complexity index is 626. The smallest absolute Gasteiger partial charge is 0.317 e. The van der Waals surface area contributed by atoms with Crippen LogP contribution in [0.2, 0.25) is 0 Å². The third kappa shape index (κ3) is 4.08. The topological polar surface area (TPSA) is 58.4 Å². The van der Waals surface area contributed by atoms with Crippen LogP contribution >= 0.6 is 0 Å². The number of para-hydroxylation sites is 2. The summed E-state index contributed by atoms with van der Waals surface area (Å²) in [5.74, 6) is 1.13. The van der Waals surface area contributed by atoms with E-state index in [1.54, 1.807) is 0 Å². The number of hydrogen-bond donors (Lipinski definition) is 1. The van der Waals surface area contributed by atoms with Crippen molar-refractivity contribution in [1.29, 1.82) is 0 Å². The molecule has 130 valence electrons. The second-order valence-corrected chi connectivity index (χ2v) is 6.57. The number of carbonyl (C=O) groups excluding carboxylic acids is 1. The van der Waals surface area contributed by atoms with E-state index in [9.17, 15) is 4.79 Å². The molecule has 1 aliphatic heterocycles. The standard InChI is InChI=1S/C19H27N3O2/c1-2-3-4-7-12-20-19(23)22-13-10-15(11-14-22)18-21-16-8-5-6-9-17(16)24-18/h5-6,8-9,15H,2-4,7,10-14H2,1H3,(H,20,23). The van der Waals surface area contributed by atoms with E-state index in [1.807, 2.05) is 29.2 Å². The minimum absolute atomic E-state index is 0.0718. The summed E-state index contributed by atoms with van der Waals surface area (Å²) in [6.07, 6.45) is 6.55. The molecule has 5 heteroatoms. The van der Waals surface area contributed by atoms with Crippen LogP contribution in [0.25, 0.3) is 11.1 Å². The first-order chi connectivity index (χ1) is 11.8. The maximum atomic E-state index is 12.2. The van der Waals surface area contributed by atoms with Gasteiger partial charge in [-0.25, -0.2) is 9.78 Å². The van der Waals surface area contributed by atoms with Gasteiger partial charge < -0.3 is 14.6 Å². The summed E-state index contributed by atoms with van der Waals surface area (Å²) in [5, 5.41) is 3.04. The van der Waals surface area contributed by atoms with Crippen molar-refractivity contribution in [3.8, 4) is 0 Å². The van der Waals surface area contributed by atoms with Gasteiger partial charge in [-0.05, 0) is 31.4 Å². The summed E-state index contributed by atoms with van der Waals surface area (Å²) in [6, 6.07) is 7.94. The number of rotatable bonds is 6. The second kappa shape index (κ2) is 8.18. The molecule has 1 N–H and O–H groups in total. The van der Waals surface area contributed by atoms with Gasteiger partial charge in [-0.15, -0.1) is 0 Å². The summed E-state index contributed by atoms with van der Waals surface area (Å²) < 4.78 is 5.88. The zero-order chi connectivity index (χ0) is 16.8. The molecule has 1 saturated heterocycles. The number of oxazole rings is 1. The average Bonchev–Trinajstić information content (AvgIpc) is 3.05. The number of amides is 2. The zero-order valence-electron chi connectivity index (χ0n) is 14.5. The summed E-state index contributed by atoms with van der Waals surface area (Å²) in [5.41, 5.74) is 1.76. The van der Waals surface area contributed by atoms with Crippen molar-refractivity contribution < 1.29 is 9.21 Å². The molecule has 2 aromatic rings. The first-order valence-corrected chi connectivity index (χ1v) is 9.16. The van der Waals surface area contributed by atoms with E-state index in [2.05, 4.69) is 17.2 Å². The van der Waals surface area contributed by atoms with Crippen LogP contribution in [0, 0.1) is 0 Å². The average molecular weight is 329 g/mol. The molecule has 0 aliphatic carbocycles. The van der Waals surface area contributed by atoms with Crippen LogP contribution in [0.4, 0.5) is 4.79 Å². The Morgan fingerprint density at radius 1 is 1.25 bits per heavy atom. The van der Waals surface area contributed by atoms with Crippen molar-refractivity contribution in [3.05, 3.63) is 30.2 Å². The number of carbonyl (C=O) groups is 1. The zero-order valence-corrected chi connectivity index (χ0v) is 14.5. The summed E-state index contributed by atoms with van der Waals surface area (Å²) >= 11 is 0. The van der Waals surface area contributed by atoms with E-state index in [1.165, 1.54) is 19.3 Å². The maximum Gasteiger partial charge on any atom is 0.317 e. The van der Waals surface area contributed by atoms with Gasteiger partial charge in [-0.3, -0.25) is 0 Å². The monoisotopic (exact) mass is 329 g/mol. The highest BCUT2D eigenvalue weighted by Crippen LogP contribution is 2.29. The number of fused-ring (bicyclic) bond motifs is 1. The Morgan fingerprint density at radius 2 is 2.04 bits per heavy atom. The molecule has 2 amide bonds. The van der Waals surface area contributed by atoms with Gasteiger partial charge in [0.2, 0.25) is 0 Å². The Hall–Kier alpha value is -2.04. The highest BCUT2D eigenvalue weighted by Gasteiger charge is 2.26. The molecule has 0 spiro atoms. The van der Waals surface area contributed by atoms with E-state index >= 15 is 0 Å². The SMILES string of the molecule is CCCCCCNC(=O)N1CCC(c2nc3ccccc3o2)CC1. The largest absolute Gasteiger partial charge is 0.440 e. The molecule has 3 rings (SSSR count). The molecular weight excluding hydrogens is 302 g/mol. The van der Waals surface area contributed by atoms with Crippen molar-refractivity contribution >= 4 is 17.1 Å². The number of benzene rings is 1. The van der Waals surface area contributed by atoms with Gasteiger partial charge in [0.15, 0.2) is 11.5 Å². The van der Waals surface area contributed by atoms with Gasteiger partial charge in [0.05, 0.1) is 0 Å². The van der Waals surface area contributed by atoms with Gasteiger partial charge >= 0.3 is 6.03 Å². The lowest BCUT2D eigenvalue weighted by molar-refractivity contribution is 0.177. The number of unbranched alkanes of at least 4 members (excludes halogenated alkanes) is 3. The predicted molar refractivity (Wildman–Crippen MR) is 95.1 cm³/mol. The fraction of sp³-hybridized carbons (Fsp3) is 0.579. The Kier molecular flexibility index (Phi) is 5.72. The molecule has 1 aromatic carbocycles. The molecule has 0 saturated carbocycles. The number of hydrogen-bond acceptors (Lipinski definition) is 3. The van der Waals surface area contributed by atoms with E-state index in [0.717, 1.165) is 55.9 Å². The normalized spacial score (nSPS) is 15.8. The van der Waals surface area contributed by atoms with Gasteiger partial charge in [-0.1, -0.05) is 38.3 Å². The van der Waals surface area contributed by atoms with E-state index < -0.39 is 0 Å². The fourth-order valence-corrected chi connectivity index (χ4v) is 3.25. The van der Waals surface area contributed by atoms with E-state index in [0.29, 0.717) is 5.92 Å². The first kappa shape index (κ1) is 16.8. The fourth-order valence-electron chi connectivity index (χ4n) is 3.25. The lowest BCUT2D eigenvalue weighted by Crippen LogP contribution is -2.44. The van der Waals surface area contributed by atoms with Gasteiger partial charge in [0.1, 0.15) is 5.52 Å². The first-order valence-electron chi connectivity index (χ1n) is 9.16. The molecule has 0 bridgehead atoms. The lowest BCUT2D eigenvalue weighted by atomic mass is 9.97. The summed E-state index contributed by atoms with van der Waals surface area (Å²) in [7, 11) is 0. The molecule has 1 aliphatic rings. The van der Waals surface area contributed by atoms with Crippen molar-refractivity contribution in [2.24, 2.45) is 0 Å². The van der Waals surface area contributed by atoms with Gasteiger partial charge in [0.25, 0.3) is 0 Å². The molecule has 1 fully saturated rings. The predicted octanol–water partition coefficient (Wildman–Crippen LogP) is 4.30. The van der Waals surface area contributed by atoms with Crippen molar-refractivity contribution in [1.82, 2.24) is 15.2 Å². The van der Waals surface area contributed by atoms with Crippen LogP contribution in [0.1, 0.15) is 57.3 Å². The Balaban J connectivity index is 1.46. The maximum absolute atomic E-state index is 12.2. The lowest BCUT2D eigenvalue weighted by Gasteiger charge is -2.30. The third-order valence-corrected chi connectivity index (χ3v) is 4.75. The van der Waals surface area contributed by atoms with E-state index in [-0.39, 0.29) is 6.03 Å². The Labute approximate surface area is 143 Å². The number of urea groups is 1. The number of likely N-dealkylation sites (tertiary alicyclic amines) is 1.